The molecule has 4 rings (SSSR count). The number of methoxy groups -OCH3 is 2. The second kappa shape index (κ2) is 59.2. The van der Waals surface area contributed by atoms with E-state index in [4.69, 9.17) is 48.4 Å². The normalized spacial score (nSPS) is 15.6. The van der Waals surface area contributed by atoms with E-state index in [0.717, 1.165) is 17.0 Å². The van der Waals surface area contributed by atoms with Crippen molar-refractivity contribution in [1.82, 2.24) is 41.4 Å². The van der Waals surface area contributed by atoms with E-state index in [1.54, 1.807) is 63.4 Å². The molecule has 1 fully saturated rings. The predicted molar refractivity (Wildman–Crippen MR) is 488 cm³/mol. The number of anilines is 1. The van der Waals surface area contributed by atoms with E-state index in [1.807, 2.05) is 105 Å². The van der Waals surface area contributed by atoms with E-state index in [1.165, 1.54) is 39.2 Å². The Morgan fingerprint density at radius 1 is 0.659 bits per heavy atom. The van der Waals surface area contributed by atoms with Gasteiger partial charge in [0, 0.05) is 125 Å². The van der Waals surface area contributed by atoms with Crippen LogP contribution in [0.15, 0.2) is 66.2 Å². The summed E-state index contributed by atoms with van der Waals surface area (Å²) in [7, 11) is 4.79. The molecule has 0 bridgehead atoms. The zero-order valence-electron chi connectivity index (χ0n) is 77.3. The third kappa shape index (κ3) is 42.0. The molecule has 32 heteroatoms. The topological polar surface area (TPSA) is 405 Å². The summed E-state index contributed by atoms with van der Waals surface area (Å²) in [5.41, 5.74) is 5.00. The Balaban J connectivity index is 0.0000269. The highest BCUT2D eigenvalue weighted by Crippen LogP contribution is 2.35. The first kappa shape index (κ1) is 114. The molecule has 2 aromatic carbocycles. The molecule has 0 saturated carbocycles. The minimum absolute atomic E-state index is 0. The van der Waals surface area contributed by atoms with Crippen molar-refractivity contribution in [2.75, 3.05) is 126 Å². The van der Waals surface area contributed by atoms with Gasteiger partial charge in [0.1, 0.15) is 18.2 Å². The number of benzene rings is 2. The van der Waals surface area contributed by atoms with Gasteiger partial charge in [-0.2, -0.15) is 0 Å². The van der Waals surface area contributed by atoms with Crippen molar-refractivity contribution in [2.24, 2.45) is 52.6 Å². The second-order valence-corrected chi connectivity index (χ2v) is 36.7. The Bertz CT molecular complexity index is 3740. The summed E-state index contributed by atoms with van der Waals surface area (Å²) < 4.78 is 51.6. The summed E-state index contributed by atoms with van der Waals surface area (Å²) in [5, 5.41) is 19.9. The van der Waals surface area contributed by atoms with Crippen LogP contribution in [-0.2, 0) is 104 Å². The maximum atomic E-state index is 14.9. The highest BCUT2D eigenvalue weighted by Gasteiger charge is 2.45. The van der Waals surface area contributed by atoms with Gasteiger partial charge in [-0.05, 0) is 121 Å². The number of carbonyl (C=O) groups is 12. The Kier molecular flexibility index (Phi) is 53.6. The van der Waals surface area contributed by atoms with Crippen LogP contribution in [0.2, 0.25) is 0 Å². The minimum atomic E-state index is -1.50. The van der Waals surface area contributed by atoms with E-state index < -0.39 is 106 Å². The predicted octanol–water partition coefficient (Wildman–Crippen LogP) is 11.6. The maximum Gasteiger partial charge on any atom is 0.408 e. The van der Waals surface area contributed by atoms with Crippen LogP contribution in [0.1, 0.15) is 225 Å². The molecule has 8 N–H and O–H groups in total. The number of hydrogen-bond acceptors (Lipinski definition) is 24. The van der Waals surface area contributed by atoms with Crippen molar-refractivity contribution < 1.29 is 100 Å². The van der Waals surface area contributed by atoms with Crippen molar-refractivity contribution >= 4 is 87.6 Å². The van der Waals surface area contributed by atoms with Gasteiger partial charge in [0.05, 0.1) is 139 Å². The number of urea groups is 1. The van der Waals surface area contributed by atoms with Crippen molar-refractivity contribution in [3.8, 4) is 0 Å². The molecule has 714 valence electrons. The van der Waals surface area contributed by atoms with Crippen LogP contribution in [0.3, 0.4) is 0 Å². The summed E-state index contributed by atoms with van der Waals surface area (Å²) in [6.07, 6.45) is 2.76. The SMILES string of the molecule is C.C.CC[C@H](C)[C@@H]([C@@H](CC(=O)N1CCC[C@H]1[C@H](OC)[C@@H](C)C(=O)C[C@@H](Cc1ccccc1)c1nccs1)OC)N(C)C(=O)[C@@H](CC(=O)C(C)(C)NC(=O)OCc1ccc(NC(=O)[C@H](CCCNC(N)=O)CC(=O)[C@@H](NC(=O)[C@H](COCCOCCOCCOCCOCCOCCNC(=O)CC[C@@H](NC(C)(C)C)C(=O)C(C)(C)C)CC(C)=O)C(C)C)cc1)C(C)C. The minimum Gasteiger partial charge on any atom is -0.445 e. The van der Waals surface area contributed by atoms with Gasteiger partial charge >= 0.3 is 12.1 Å². The molecular formula is C94H156N10O21S. The van der Waals surface area contributed by atoms with Crippen LogP contribution in [0.5, 0.6) is 0 Å². The largest absolute Gasteiger partial charge is 0.445 e. The van der Waals surface area contributed by atoms with Gasteiger partial charge in [0.15, 0.2) is 17.3 Å². The van der Waals surface area contributed by atoms with Crippen LogP contribution in [0, 0.1) is 46.8 Å². The lowest BCUT2D eigenvalue weighted by Gasteiger charge is -2.41. The summed E-state index contributed by atoms with van der Waals surface area (Å²) in [4.78, 5) is 171. The van der Waals surface area contributed by atoms with Crippen LogP contribution in [0.4, 0.5) is 15.3 Å². The number of likely N-dealkylation sites (N-methyl/N-ethyl adjacent to an activating group) is 1. The first-order valence-electron chi connectivity index (χ1n) is 44.0. The smallest absolute Gasteiger partial charge is 0.408 e. The van der Waals surface area contributed by atoms with Gasteiger partial charge in [-0.1, -0.05) is 133 Å². The Morgan fingerprint density at radius 2 is 1.25 bits per heavy atom. The lowest BCUT2D eigenvalue weighted by atomic mass is 9.83. The van der Waals surface area contributed by atoms with Crippen molar-refractivity contribution in [1.29, 1.82) is 0 Å². The number of rotatable bonds is 63. The number of nitrogens with two attached hydrogens (primary N) is 1. The number of primary amides is 1. The average Bonchev–Trinajstić information content (AvgIpc) is 1.30. The molecule has 1 saturated heterocycles. The van der Waals surface area contributed by atoms with Crippen LogP contribution in [-0.4, -0.2) is 253 Å². The molecule has 0 aliphatic carbocycles. The highest BCUT2D eigenvalue weighted by atomic mass is 32.1. The summed E-state index contributed by atoms with van der Waals surface area (Å²) in [6, 6.07) is 13.3. The molecule has 126 heavy (non-hydrogen) atoms. The number of nitrogens with zero attached hydrogens (tertiary/aromatic N) is 3. The molecule has 0 radical (unpaired) electrons. The standard InChI is InChI=1S/C92H148N10O21S.2CH4/c1-20-62(6)81(76(115-18)57-79(108)102-39-25-29-73(102)82(116-19)64(8)74(104)55-68(86-95-38-51-124-86)53-65-26-22-21-23-27-65)101(17)87(112)71(60(2)3)56-77(106)92(15,16)100-89(114)123-58-66-30-32-70(33-31-66)97-84(110)67(28-24-36-96-88(93)113)54-75(105)80(61(4)5)98-85(111)69(52-63(7)103)59-122-50-49-121-48-47-120-46-45-119-44-43-118-42-41-117-40-37-94-78(107)35-34-72(99-91(12,13)14)83(109)90(9,10)11;;/h21-23,26-27,30-33,38,51,60-62,64,67-69,71-73,76,80-82,99H,20,24-25,28-29,34-37,39-50,52-59H2,1-19H3,(H,94,107)(H,97,110)(H,98,111)(H,100,114)(H3,93,96,113);2*1H4/t62-,64-,67+,68+,69-,71-,72+,73-,76+,80-,81-,82+;;/m0../s1. The molecule has 12 atom stereocenters. The van der Waals surface area contributed by atoms with Gasteiger partial charge < -0.3 is 94.9 Å². The molecule has 2 heterocycles. The fourth-order valence-electron chi connectivity index (χ4n) is 15.1. The first-order valence-corrected chi connectivity index (χ1v) is 44.9. The Hall–Kier alpha value is -8.05. The van der Waals surface area contributed by atoms with Gasteiger partial charge in [-0.15, -0.1) is 11.3 Å². The van der Waals surface area contributed by atoms with Crippen molar-refractivity contribution in [2.45, 2.75) is 269 Å². The number of alkyl carbamates (subject to hydrolysis) is 1. The summed E-state index contributed by atoms with van der Waals surface area (Å²) >= 11 is 1.53. The van der Waals surface area contributed by atoms with Crippen LogP contribution in [0.25, 0.3) is 0 Å². The third-order valence-electron chi connectivity index (χ3n) is 22.3. The number of aromatic nitrogens is 1. The molecular weight excluding hydrogens is 1640 g/mol. The van der Waals surface area contributed by atoms with E-state index >= 15 is 0 Å². The van der Waals surface area contributed by atoms with Gasteiger partial charge in [0.2, 0.25) is 29.5 Å². The molecule has 0 spiro atoms. The zero-order chi connectivity index (χ0) is 92.3. The lowest BCUT2D eigenvalue weighted by molar-refractivity contribution is -0.149. The quantitative estimate of drug-likeness (QED) is 0.0258. The number of ether oxygens (including phenoxy) is 9. The number of Topliss-reactive ketones (excluding diaryl/α,β-unsaturated/α-hetero) is 5. The monoisotopic (exact) mass is 1790 g/mol. The van der Waals surface area contributed by atoms with Crippen LogP contribution >= 0.6 is 11.3 Å². The lowest BCUT2D eigenvalue weighted by Crippen LogP contribution is -2.55. The van der Waals surface area contributed by atoms with Crippen LogP contribution < -0.4 is 37.6 Å². The van der Waals surface area contributed by atoms with E-state index in [-0.39, 0.29) is 177 Å². The number of hydrogen-bond donors (Lipinski definition) is 7. The fraction of sp³-hybridized carbons (Fsp3) is 0.713. The van der Waals surface area contributed by atoms with Gasteiger partial charge in [-0.25, -0.2) is 14.6 Å². The van der Waals surface area contributed by atoms with Gasteiger partial charge in [0.25, 0.3) is 0 Å². The van der Waals surface area contributed by atoms with E-state index in [0.29, 0.717) is 96.3 Å². The van der Waals surface area contributed by atoms with Gasteiger partial charge in [-0.3, -0.25) is 43.2 Å². The number of carbonyl (C=O) groups excluding carboxylic acids is 12. The third-order valence-corrected chi connectivity index (χ3v) is 23.2. The summed E-state index contributed by atoms with van der Waals surface area (Å²) in [5.74, 6) is -7.04. The molecule has 31 nitrogen and oxygen atoms in total. The molecule has 0 unspecified atom stereocenters. The molecule has 3 aromatic rings. The Labute approximate surface area is 754 Å². The first-order chi connectivity index (χ1) is 58.6. The number of nitrogens with one attached hydrogen (secondary N) is 6. The molecule has 8 amide bonds. The number of ketones is 5. The number of amides is 8. The van der Waals surface area contributed by atoms with E-state index in [2.05, 4.69) is 49.0 Å². The van der Waals surface area contributed by atoms with Crippen molar-refractivity contribution in [3.05, 3.63) is 82.3 Å². The highest BCUT2D eigenvalue weighted by molar-refractivity contribution is 7.09. The average molecular weight is 1790 g/mol. The molecule has 1 aliphatic rings. The fourth-order valence-corrected chi connectivity index (χ4v) is 15.8. The zero-order valence-corrected chi connectivity index (χ0v) is 78.2. The Morgan fingerprint density at radius 3 is 1.78 bits per heavy atom. The maximum absolute atomic E-state index is 14.9. The van der Waals surface area contributed by atoms with Crippen molar-refractivity contribution in [3.63, 3.8) is 0 Å². The second-order valence-electron chi connectivity index (χ2n) is 35.7. The van der Waals surface area contributed by atoms with E-state index in [9.17, 15) is 57.5 Å². The molecule has 1 aliphatic heterocycles. The molecule has 1 aromatic heterocycles. The number of likely N-dealkylation sites (tertiary alicyclic amines) is 1. The summed E-state index contributed by atoms with van der Waals surface area (Å²) in [6.45, 7) is 32.9. The number of thiazole rings is 1.